The third-order valence-corrected chi connectivity index (χ3v) is 3.99. The van der Waals surface area contributed by atoms with Gasteiger partial charge in [0.25, 0.3) is 0 Å². The Morgan fingerprint density at radius 2 is 2.25 bits per heavy atom. The Balaban J connectivity index is 1.98. The van der Waals surface area contributed by atoms with Gasteiger partial charge in [0.2, 0.25) is 0 Å². The van der Waals surface area contributed by atoms with Crippen LogP contribution in [-0.4, -0.2) is 42.9 Å². The summed E-state index contributed by atoms with van der Waals surface area (Å²) in [7, 11) is 1.73. The number of aromatic nitrogens is 1. The lowest BCUT2D eigenvalue weighted by molar-refractivity contribution is 0.0696. The number of pyridine rings is 1. The molecule has 1 saturated heterocycles. The zero-order valence-corrected chi connectivity index (χ0v) is 12.3. The van der Waals surface area contributed by atoms with Gasteiger partial charge in [0, 0.05) is 33.0 Å². The number of carbonyl (C=O) groups is 1. The molecule has 0 aromatic carbocycles. The molecule has 0 atom stereocenters. The molecule has 1 N–H and O–H groups in total. The number of carboxylic acid groups (broad SMARTS) is 1. The maximum Gasteiger partial charge on any atom is 0.337 e. The second-order valence-corrected chi connectivity index (χ2v) is 5.45. The van der Waals surface area contributed by atoms with E-state index in [1.165, 1.54) is 12.3 Å². The van der Waals surface area contributed by atoms with E-state index in [0.717, 1.165) is 39.0 Å². The van der Waals surface area contributed by atoms with E-state index in [9.17, 15) is 4.79 Å². The van der Waals surface area contributed by atoms with Gasteiger partial charge in [0.15, 0.2) is 0 Å². The molecule has 1 aliphatic heterocycles. The number of halogens is 1. The highest BCUT2D eigenvalue weighted by Crippen LogP contribution is 2.29. The fourth-order valence-corrected chi connectivity index (χ4v) is 2.78. The molecule has 0 radical (unpaired) electrons. The molecule has 1 aliphatic rings. The van der Waals surface area contributed by atoms with Crippen LogP contribution >= 0.6 is 11.6 Å². The standard InChI is InChI=1S/C14H19ClN2O3/c1-20-7-4-10-2-5-17(6-3-10)13-12(15)8-11(9-16-13)14(18)19/h8-10H,2-7H2,1H3,(H,18,19). The molecular weight excluding hydrogens is 280 g/mol. The lowest BCUT2D eigenvalue weighted by atomic mass is 9.94. The zero-order chi connectivity index (χ0) is 14.5. The van der Waals surface area contributed by atoms with E-state index in [-0.39, 0.29) is 5.56 Å². The Hall–Kier alpha value is -1.33. The number of nitrogens with zero attached hydrogens (tertiary/aromatic N) is 2. The lowest BCUT2D eigenvalue weighted by Gasteiger charge is -2.33. The van der Waals surface area contributed by atoms with Crippen LogP contribution in [0.1, 0.15) is 29.6 Å². The molecule has 0 amide bonds. The van der Waals surface area contributed by atoms with Gasteiger partial charge in [-0.05, 0) is 31.2 Å². The molecule has 1 aromatic rings. The Kier molecular flexibility index (Phi) is 5.20. The Bertz CT molecular complexity index is 473. The first kappa shape index (κ1) is 15.1. The van der Waals surface area contributed by atoms with Crippen molar-refractivity contribution in [2.45, 2.75) is 19.3 Å². The molecule has 110 valence electrons. The molecule has 2 rings (SSSR count). The highest BCUT2D eigenvalue weighted by molar-refractivity contribution is 6.33. The second-order valence-electron chi connectivity index (χ2n) is 5.05. The van der Waals surface area contributed by atoms with E-state index >= 15 is 0 Å². The Morgan fingerprint density at radius 3 is 2.80 bits per heavy atom. The minimum absolute atomic E-state index is 0.119. The van der Waals surface area contributed by atoms with Crippen molar-refractivity contribution in [2.24, 2.45) is 5.92 Å². The average Bonchev–Trinajstić information content (AvgIpc) is 2.45. The van der Waals surface area contributed by atoms with Gasteiger partial charge in [-0.25, -0.2) is 9.78 Å². The van der Waals surface area contributed by atoms with Gasteiger partial charge in [-0.3, -0.25) is 0 Å². The van der Waals surface area contributed by atoms with Gasteiger partial charge in [-0.1, -0.05) is 11.6 Å². The zero-order valence-electron chi connectivity index (χ0n) is 11.5. The summed E-state index contributed by atoms with van der Waals surface area (Å²) in [5, 5.41) is 9.31. The normalized spacial score (nSPS) is 16.4. The number of ether oxygens (including phenoxy) is 1. The third kappa shape index (κ3) is 3.61. The molecule has 20 heavy (non-hydrogen) atoms. The van der Waals surface area contributed by atoms with Crippen LogP contribution in [-0.2, 0) is 4.74 Å². The predicted molar refractivity (Wildman–Crippen MR) is 77.6 cm³/mol. The average molecular weight is 299 g/mol. The number of carboxylic acids is 1. The van der Waals surface area contributed by atoms with Crippen molar-refractivity contribution in [1.82, 2.24) is 4.98 Å². The maximum atomic E-state index is 10.9. The van der Waals surface area contributed by atoms with Crippen LogP contribution in [0.3, 0.4) is 0 Å². The fraction of sp³-hybridized carbons (Fsp3) is 0.571. The molecule has 0 spiro atoms. The van der Waals surface area contributed by atoms with Gasteiger partial charge >= 0.3 is 5.97 Å². The van der Waals surface area contributed by atoms with E-state index in [1.807, 2.05) is 0 Å². The van der Waals surface area contributed by atoms with Crippen molar-refractivity contribution in [3.05, 3.63) is 22.8 Å². The first-order valence-corrected chi connectivity index (χ1v) is 7.12. The minimum atomic E-state index is -1.01. The van der Waals surface area contributed by atoms with Crippen molar-refractivity contribution in [3.8, 4) is 0 Å². The van der Waals surface area contributed by atoms with E-state index < -0.39 is 5.97 Å². The summed E-state index contributed by atoms with van der Waals surface area (Å²) in [5.74, 6) is 0.356. The van der Waals surface area contributed by atoms with Crippen molar-refractivity contribution in [1.29, 1.82) is 0 Å². The molecule has 2 heterocycles. The van der Waals surface area contributed by atoms with Crippen molar-refractivity contribution in [3.63, 3.8) is 0 Å². The van der Waals surface area contributed by atoms with Crippen LogP contribution < -0.4 is 4.90 Å². The molecule has 0 unspecified atom stereocenters. The largest absolute Gasteiger partial charge is 0.478 e. The molecule has 0 bridgehead atoms. The SMILES string of the molecule is COCCC1CCN(c2ncc(C(=O)O)cc2Cl)CC1. The van der Waals surface area contributed by atoms with E-state index in [4.69, 9.17) is 21.4 Å². The van der Waals surface area contributed by atoms with E-state index in [2.05, 4.69) is 9.88 Å². The number of piperidine rings is 1. The molecule has 1 aromatic heterocycles. The predicted octanol–water partition coefficient (Wildman–Crippen LogP) is 2.69. The number of aromatic carboxylic acids is 1. The molecule has 6 heteroatoms. The Labute approximate surface area is 123 Å². The third-order valence-electron chi connectivity index (χ3n) is 3.71. The molecule has 5 nitrogen and oxygen atoms in total. The van der Waals surface area contributed by atoms with Crippen molar-refractivity contribution >= 4 is 23.4 Å². The van der Waals surface area contributed by atoms with Crippen LogP contribution in [0.15, 0.2) is 12.3 Å². The van der Waals surface area contributed by atoms with Crippen LogP contribution in [0.5, 0.6) is 0 Å². The van der Waals surface area contributed by atoms with Crippen molar-refractivity contribution < 1.29 is 14.6 Å². The van der Waals surface area contributed by atoms with E-state index in [0.29, 0.717) is 16.8 Å². The number of hydrogen-bond donors (Lipinski definition) is 1. The summed E-state index contributed by atoms with van der Waals surface area (Å²) >= 11 is 6.14. The number of hydrogen-bond acceptors (Lipinski definition) is 4. The van der Waals surface area contributed by atoms with Crippen molar-refractivity contribution in [2.75, 3.05) is 31.7 Å². The van der Waals surface area contributed by atoms with Gasteiger partial charge in [-0.2, -0.15) is 0 Å². The summed E-state index contributed by atoms with van der Waals surface area (Å²) in [6.07, 6.45) is 4.62. The monoisotopic (exact) mass is 298 g/mol. The topological polar surface area (TPSA) is 62.7 Å². The fourth-order valence-electron chi connectivity index (χ4n) is 2.50. The van der Waals surface area contributed by atoms with Crippen LogP contribution in [0.4, 0.5) is 5.82 Å². The van der Waals surface area contributed by atoms with Crippen LogP contribution in [0.25, 0.3) is 0 Å². The first-order valence-electron chi connectivity index (χ1n) is 6.74. The lowest BCUT2D eigenvalue weighted by Crippen LogP contribution is -2.34. The quantitative estimate of drug-likeness (QED) is 0.905. The van der Waals surface area contributed by atoms with Gasteiger partial charge in [-0.15, -0.1) is 0 Å². The van der Waals surface area contributed by atoms with Gasteiger partial charge < -0.3 is 14.7 Å². The van der Waals surface area contributed by atoms with Crippen LogP contribution in [0.2, 0.25) is 5.02 Å². The smallest absolute Gasteiger partial charge is 0.337 e. The summed E-state index contributed by atoms with van der Waals surface area (Å²) in [4.78, 5) is 17.2. The first-order chi connectivity index (χ1) is 9.61. The summed E-state index contributed by atoms with van der Waals surface area (Å²) in [6, 6.07) is 1.46. The summed E-state index contributed by atoms with van der Waals surface area (Å²) in [5.41, 5.74) is 0.119. The highest BCUT2D eigenvalue weighted by atomic mass is 35.5. The molecular formula is C14H19ClN2O3. The number of anilines is 1. The minimum Gasteiger partial charge on any atom is -0.478 e. The Morgan fingerprint density at radius 1 is 1.55 bits per heavy atom. The number of rotatable bonds is 5. The summed E-state index contributed by atoms with van der Waals surface area (Å²) in [6.45, 7) is 2.60. The molecule has 0 saturated carbocycles. The summed E-state index contributed by atoms with van der Waals surface area (Å²) < 4.78 is 5.11. The molecule has 0 aliphatic carbocycles. The van der Waals surface area contributed by atoms with E-state index in [1.54, 1.807) is 7.11 Å². The van der Waals surface area contributed by atoms with Crippen LogP contribution in [0, 0.1) is 5.92 Å². The second kappa shape index (κ2) is 6.90. The maximum absolute atomic E-state index is 10.9. The van der Waals surface area contributed by atoms with Gasteiger partial charge in [0.05, 0.1) is 10.6 Å². The highest BCUT2D eigenvalue weighted by Gasteiger charge is 2.22. The molecule has 1 fully saturated rings. The van der Waals surface area contributed by atoms with Gasteiger partial charge in [0.1, 0.15) is 5.82 Å². The number of methoxy groups -OCH3 is 1.